The van der Waals surface area contributed by atoms with Crippen molar-refractivity contribution in [3.8, 4) is 0 Å². The van der Waals surface area contributed by atoms with E-state index in [-0.39, 0.29) is 18.6 Å². The molecule has 0 spiro atoms. The second kappa shape index (κ2) is 7.65. The molecule has 0 fully saturated rings. The van der Waals surface area contributed by atoms with Crippen LogP contribution in [0.5, 0.6) is 0 Å². The molecule has 0 saturated carbocycles. The average Bonchev–Trinajstić information content (AvgIpc) is 2.18. The Labute approximate surface area is 92.4 Å². The van der Waals surface area contributed by atoms with Crippen LogP contribution >= 0.6 is 0 Å². The van der Waals surface area contributed by atoms with Gasteiger partial charge in [-0.05, 0) is 26.7 Å². The van der Waals surface area contributed by atoms with Gasteiger partial charge < -0.3 is 15.7 Å². The summed E-state index contributed by atoms with van der Waals surface area (Å²) in [7, 11) is 0. The van der Waals surface area contributed by atoms with Crippen molar-refractivity contribution < 1.29 is 9.90 Å². The fourth-order valence-corrected chi connectivity index (χ4v) is 1.51. The van der Waals surface area contributed by atoms with Crippen LogP contribution in [0.4, 0.5) is 0 Å². The molecule has 4 nitrogen and oxygen atoms in total. The van der Waals surface area contributed by atoms with E-state index in [0.29, 0.717) is 13.0 Å². The van der Waals surface area contributed by atoms with Gasteiger partial charge in [0, 0.05) is 19.2 Å². The van der Waals surface area contributed by atoms with Gasteiger partial charge in [0.25, 0.3) is 0 Å². The highest BCUT2D eigenvalue weighted by molar-refractivity contribution is 5.81. The third kappa shape index (κ3) is 5.14. The third-order valence-corrected chi connectivity index (χ3v) is 2.38. The number of hydrogen-bond donors (Lipinski definition) is 2. The van der Waals surface area contributed by atoms with Gasteiger partial charge in [-0.15, -0.1) is 0 Å². The molecule has 1 amide bonds. The first kappa shape index (κ1) is 14.4. The summed E-state index contributed by atoms with van der Waals surface area (Å²) in [6.07, 6.45) is 2.25. The van der Waals surface area contributed by atoms with E-state index in [1.807, 2.05) is 20.8 Å². The summed E-state index contributed by atoms with van der Waals surface area (Å²) in [5, 5.41) is 8.75. The van der Waals surface area contributed by atoms with E-state index in [0.717, 1.165) is 12.8 Å². The number of amides is 1. The Kier molecular flexibility index (Phi) is 7.34. The fraction of sp³-hybridized carbons (Fsp3) is 0.909. The summed E-state index contributed by atoms with van der Waals surface area (Å²) in [5.41, 5.74) is 5.78. The van der Waals surface area contributed by atoms with E-state index in [4.69, 9.17) is 10.8 Å². The maximum atomic E-state index is 11.9. The average molecular weight is 216 g/mol. The van der Waals surface area contributed by atoms with Gasteiger partial charge in [0.15, 0.2) is 0 Å². The summed E-state index contributed by atoms with van der Waals surface area (Å²) in [6, 6.07) is -0.247. The molecule has 0 saturated heterocycles. The Hall–Kier alpha value is -0.610. The van der Waals surface area contributed by atoms with Crippen molar-refractivity contribution in [2.45, 2.75) is 52.1 Å². The standard InChI is InChI=1S/C11H24N2O2/c1-4-6-10(12)11(15)13(9(2)3)7-5-8-14/h9-10,14H,4-8,12H2,1-3H3. The quantitative estimate of drug-likeness (QED) is 0.659. The van der Waals surface area contributed by atoms with Crippen molar-refractivity contribution in [1.29, 1.82) is 0 Å². The lowest BCUT2D eigenvalue weighted by Gasteiger charge is -2.29. The fourth-order valence-electron chi connectivity index (χ4n) is 1.51. The minimum absolute atomic E-state index is 0.000278. The zero-order chi connectivity index (χ0) is 11.8. The van der Waals surface area contributed by atoms with Crippen LogP contribution in [-0.2, 0) is 4.79 Å². The molecule has 0 aromatic carbocycles. The van der Waals surface area contributed by atoms with Crippen LogP contribution in [0, 0.1) is 0 Å². The largest absolute Gasteiger partial charge is 0.396 e. The molecule has 0 rings (SSSR count). The zero-order valence-electron chi connectivity index (χ0n) is 10.1. The van der Waals surface area contributed by atoms with Crippen LogP contribution in [0.3, 0.4) is 0 Å². The van der Waals surface area contributed by atoms with Crippen LogP contribution in [0.15, 0.2) is 0 Å². The molecular weight excluding hydrogens is 192 g/mol. The predicted octanol–water partition coefficient (Wildman–Crippen LogP) is 0.733. The molecule has 15 heavy (non-hydrogen) atoms. The first-order valence-electron chi connectivity index (χ1n) is 5.71. The lowest BCUT2D eigenvalue weighted by atomic mass is 10.1. The van der Waals surface area contributed by atoms with Crippen molar-refractivity contribution in [1.82, 2.24) is 4.90 Å². The summed E-state index contributed by atoms with van der Waals surface area (Å²) in [4.78, 5) is 13.6. The van der Waals surface area contributed by atoms with Gasteiger partial charge in [-0.25, -0.2) is 0 Å². The Balaban J connectivity index is 4.27. The number of hydrogen-bond acceptors (Lipinski definition) is 3. The molecule has 4 heteroatoms. The Bertz CT molecular complexity index is 183. The molecule has 3 N–H and O–H groups in total. The monoisotopic (exact) mass is 216 g/mol. The molecule has 1 atom stereocenters. The van der Waals surface area contributed by atoms with Gasteiger partial charge in [0.1, 0.15) is 0 Å². The van der Waals surface area contributed by atoms with Crippen LogP contribution in [0.1, 0.15) is 40.0 Å². The lowest BCUT2D eigenvalue weighted by molar-refractivity contribution is -0.134. The summed E-state index contributed by atoms with van der Waals surface area (Å²) in [5.74, 6) is 0.000278. The number of aliphatic hydroxyl groups excluding tert-OH is 1. The first-order chi connectivity index (χ1) is 7.04. The second-order valence-electron chi connectivity index (χ2n) is 4.10. The van der Waals surface area contributed by atoms with Gasteiger partial charge in [0.05, 0.1) is 6.04 Å². The highest BCUT2D eigenvalue weighted by atomic mass is 16.3. The van der Waals surface area contributed by atoms with Crippen LogP contribution < -0.4 is 5.73 Å². The summed E-state index contributed by atoms with van der Waals surface area (Å²) < 4.78 is 0. The number of aliphatic hydroxyl groups is 1. The summed E-state index contributed by atoms with van der Waals surface area (Å²) in [6.45, 7) is 6.65. The third-order valence-electron chi connectivity index (χ3n) is 2.38. The van der Waals surface area contributed by atoms with E-state index in [9.17, 15) is 4.79 Å². The number of rotatable bonds is 7. The molecule has 90 valence electrons. The normalized spacial score (nSPS) is 12.9. The van der Waals surface area contributed by atoms with Crippen LogP contribution in [0.25, 0.3) is 0 Å². The van der Waals surface area contributed by atoms with Crippen LogP contribution in [0.2, 0.25) is 0 Å². The zero-order valence-corrected chi connectivity index (χ0v) is 10.1. The molecule has 0 aliphatic carbocycles. The van der Waals surface area contributed by atoms with Gasteiger partial charge >= 0.3 is 0 Å². The maximum absolute atomic E-state index is 11.9. The van der Waals surface area contributed by atoms with Gasteiger partial charge in [-0.3, -0.25) is 4.79 Å². The van der Waals surface area contributed by atoms with E-state index >= 15 is 0 Å². The SMILES string of the molecule is CCCC(N)C(=O)N(CCCO)C(C)C. The number of carbonyl (C=O) groups is 1. The molecule has 0 radical (unpaired) electrons. The van der Waals surface area contributed by atoms with Gasteiger partial charge in [-0.2, -0.15) is 0 Å². The molecular formula is C11H24N2O2. The molecule has 1 unspecified atom stereocenters. The number of nitrogens with zero attached hydrogens (tertiary/aromatic N) is 1. The lowest BCUT2D eigenvalue weighted by Crippen LogP contribution is -2.47. The predicted molar refractivity (Wildman–Crippen MR) is 61.4 cm³/mol. The number of carbonyl (C=O) groups excluding carboxylic acids is 1. The molecule has 0 aliphatic rings. The first-order valence-corrected chi connectivity index (χ1v) is 5.71. The van der Waals surface area contributed by atoms with Crippen molar-refractivity contribution in [2.75, 3.05) is 13.2 Å². The topological polar surface area (TPSA) is 66.6 Å². The van der Waals surface area contributed by atoms with Crippen molar-refractivity contribution >= 4 is 5.91 Å². The van der Waals surface area contributed by atoms with Gasteiger partial charge in [-0.1, -0.05) is 13.3 Å². The number of nitrogens with two attached hydrogens (primary N) is 1. The highest BCUT2D eigenvalue weighted by Gasteiger charge is 2.21. The minimum Gasteiger partial charge on any atom is -0.396 e. The molecule has 0 aromatic rings. The Morgan fingerprint density at radius 2 is 2.07 bits per heavy atom. The van der Waals surface area contributed by atoms with Crippen LogP contribution in [-0.4, -0.2) is 41.1 Å². The van der Waals surface area contributed by atoms with Crippen molar-refractivity contribution in [2.24, 2.45) is 5.73 Å². The molecule has 0 heterocycles. The van der Waals surface area contributed by atoms with Crippen molar-refractivity contribution in [3.63, 3.8) is 0 Å². The van der Waals surface area contributed by atoms with E-state index in [1.54, 1.807) is 4.90 Å². The summed E-state index contributed by atoms with van der Waals surface area (Å²) >= 11 is 0. The molecule has 0 bridgehead atoms. The van der Waals surface area contributed by atoms with Gasteiger partial charge in [0.2, 0.25) is 5.91 Å². The van der Waals surface area contributed by atoms with E-state index in [1.165, 1.54) is 0 Å². The van der Waals surface area contributed by atoms with E-state index < -0.39 is 6.04 Å². The molecule has 0 aliphatic heterocycles. The second-order valence-corrected chi connectivity index (χ2v) is 4.10. The Morgan fingerprint density at radius 1 is 1.47 bits per heavy atom. The molecule has 0 aromatic heterocycles. The van der Waals surface area contributed by atoms with Crippen molar-refractivity contribution in [3.05, 3.63) is 0 Å². The highest BCUT2D eigenvalue weighted by Crippen LogP contribution is 2.05. The minimum atomic E-state index is -0.393. The Morgan fingerprint density at radius 3 is 2.47 bits per heavy atom. The maximum Gasteiger partial charge on any atom is 0.239 e. The van der Waals surface area contributed by atoms with E-state index in [2.05, 4.69) is 0 Å². The smallest absolute Gasteiger partial charge is 0.239 e.